The molecule has 2 aromatic heterocycles. The number of hydrogen-bond donors (Lipinski definition) is 1. The number of anilines is 1. The van der Waals surface area contributed by atoms with Crippen molar-refractivity contribution in [2.45, 2.75) is 64.8 Å². The van der Waals surface area contributed by atoms with Crippen molar-refractivity contribution in [3.8, 4) is 11.6 Å². The number of nitrogens with one attached hydrogen (secondary N) is 1. The van der Waals surface area contributed by atoms with Gasteiger partial charge in [0.05, 0.1) is 29.9 Å². The SMILES string of the molecule is CCOC(=O)C1(C)CCN(C(=O)C2CCC(Nc3nccc(-n4ccc5c(OCCCS(C)(=O)=O)cccc54)n3)CC2)CC1. The fourth-order valence-corrected chi connectivity index (χ4v) is 6.82. The first-order chi connectivity index (χ1) is 21.1. The Labute approximate surface area is 259 Å². The normalized spacial score (nSPS) is 20.3. The standard InChI is InChI=1S/C32H43N5O6S/c1-4-42-30(39)32(2)15-19-36(20-16-32)29(38)23-9-11-24(12-10-23)34-31-33-17-13-28(35-31)37-18-14-25-26(37)7-5-8-27(25)43-21-6-22-44(3,40)41/h5,7-8,13-14,17-18,23-24H,4,6,9-12,15-16,19-22H2,1-3H3,(H,33,34,35). The summed E-state index contributed by atoms with van der Waals surface area (Å²) in [6, 6.07) is 9.78. The van der Waals surface area contributed by atoms with E-state index in [1.54, 1.807) is 6.20 Å². The number of carbonyl (C=O) groups is 2. The fraction of sp³-hybridized carbons (Fsp3) is 0.562. The van der Waals surface area contributed by atoms with Crippen LogP contribution in [-0.4, -0.2) is 84.1 Å². The number of ether oxygens (including phenoxy) is 2. The molecule has 44 heavy (non-hydrogen) atoms. The number of nitrogens with zero attached hydrogens (tertiary/aromatic N) is 4. The van der Waals surface area contributed by atoms with Crippen LogP contribution in [0.3, 0.4) is 0 Å². The lowest BCUT2D eigenvalue weighted by Gasteiger charge is -2.39. The van der Waals surface area contributed by atoms with Crippen molar-refractivity contribution < 1.29 is 27.5 Å². The van der Waals surface area contributed by atoms with E-state index in [1.807, 2.05) is 59.8 Å². The molecule has 238 valence electrons. The number of amides is 1. The molecule has 1 aliphatic carbocycles. The molecule has 1 saturated heterocycles. The minimum Gasteiger partial charge on any atom is -0.493 e. The number of benzene rings is 1. The highest BCUT2D eigenvalue weighted by Crippen LogP contribution is 2.35. The second-order valence-corrected chi connectivity index (χ2v) is 14.5. The van der Waals surface area contributed by atoms with Crippen LogP contribution in [0.4, 0.5) is 5.95 Å². The second-order valence-electron chi connectivity index (χ2n) is 12.2. The second kappa shape index (κ2) is 13.5. The Hall–Kier alpha value is -3.67. The topological polar surface area (TPSA) is 133 Å². The first kappa shape index (κ1) is 31.7. The predicted octanol–water partition coefficient (Wildman–Crippen LogP) is 4.40. The Morgan fingerprint density at radius 2 is 1.84 bits per heavy atom. The maximum absolute atomic E-state index is 13.3. The van der Waals surface area contributed by atoms with Gasteiger partial charge in [0.1, 0.15) is 21.4 Å². The average Bonchev–Trinajstić information content (AvgIpc) is 3.45. The molecule has 1 saturated carbocycles. The Balaban J connectivity index is 1.15. The van der Waals surface area contributed by atoms with Gasteiger partial charge in [-0.25, -0.2) is 13.4 Å². The summed E-state index contributed by atoms with van der Waals surface area (Å²) < 4.78 is 36.0. The minimum absolute atomic E-state index is 0.00119. The van der Waals surface area contributed by atoms with E-state index in [1.165, 1.54) is 6.26 Å². The molecule has 0 unspecified atom stereocenters. The molecular weight excluding hydrogens is 582 g/mol. The molecule has 3 aromatic rings. The fourth-order valence-electron chi connectivity index (χ4n) is 6.18. The van der Waals surface area contributed by atoms with Gasteiger partial charge in [-0.1, -0.05) is 6.07 Å². The minimum atomic E-state index is -3.02. The van der Waals surface area contributed by atoms with Gasteiger partial charge >= 0.3 is 5.97 Å². The van der Waals surface area contributed by atoms with Crippen molar-refractivity contribution in [1.29, 1.82) is 0 Å². The molecule has 0 spiro atoms. The van der Waals surface area contributed by atoms with E-state index in [9.17, 15) is 18.0 Å². The predicted molar refractivity (Wildman–Crippen MR) is 169 cm³/mol. The first-order valence-corrected chi connectivity index (χ1v) is 17.6. The van der Waals surface area contributed by atoms with Crippen LogP contribution < -0.4 is 10.1 Å². The molecule has 0 radical (unpaired) electrons. The molecule has 5 rings (SSSR count). The Morgan fingerprint density at radius 1 is 1.09 bits per heavy atom. The number of hydrogen-bond acceptors (Lipinski definition) is 9. The third kappa shape index (κ3) is 7.51. The smallest absolute Gasteiger partial charge is 0.311 e. The summed E-state index contributed by atoms with van der Waals surface area (Å²) in [6.07, 6.45) is 9.92. The van der Waals surface area contributed by atoms with Crippen LogP contribution in [0.1, 0.15) is 58.8 Å². The van der Waals surface area contributed by atoms with Gasteiger partial charge in [-0.15, -0.1) is 0 Å². The Kier molecular flexibility index (Phi) is 9.77. The first-order valence-electron chi connectivity index (χ1n) is 15.5. The zero-order valence-electron chi connectivity index (χ0n) is 25.8. The highest BCUT2D eigenvalue weighted by molar-refractivity contribution is 7.90. The molecule has 3 heterocycles. The highest BCUT2D eigenvalue weighted by atomic mass is 32.2. The van der Waals surface area contributed by atoms with E-state index in [0.717, 1.165) is 42.4 Å². The number of carbonyl (C=O) groups excluding carboxylic acids is 2. The molecule has 11 nitrogen and oxygen atoms in total. The van der Waals surface area contributed by atoms with Gasteiger partial charge in [0.2, 0.25) is 11.9 Å². The number of piperidine rings is 1. The summed E-state index contributed by atoms with van der Waals surface area (Å²) in [6.45, 7) is 5.65. The summed E-state index contributed by atoms with van der Waals surface area (Å²) in [5.41, 5.74) is 0.419. The van der Waals surface area contributed by atoms with E-state index < -0.39 is 15.3 Å². The van der Waals surface area contributed by atoms with E-state index in [0.29, 0.717) is 57.3 Å². The Morgan fingerprint density at radius 3 is 2.55 bits per heavy atom. The molecule has 1 aromatic carbocycles. The zero-order valence-corrected chi connectivity index (χ0v) is 26.6. The van der Waals surface area contributed by atoms with Gasteiger partial charge in [-0.05, 0) is 83.1 Å². The third-order valence-corrected chi connectivity index (χ3v) is 9.88. The quantitative estimate of drug-likeness (QED) is 0.243. The molecule has 12 heteroatoms. The van der Waals surface area contributed by atoms with Crippen LogP contribution in [0.25, 0.3) is 16.7 Å². The molecular formula is C32H43N5O6S. The van der Waals surface area contributed by atoms with Crippen molar-refractivity contribution in [2.75, 3.05) is 43.6 Å². The molecule has 1 N–H and O–H groups in total. The van der Waals surface area contributed by atoms with Crippen molar-refractivity contribution >= 4 is 38.6 Å². The van der Waals surface area contributed by atoms with Gasteiger partial charge in [0, 0.05) is 49.1 Å². The zero-order chi connectivity index (χ0) is 31.3. The van der Waals surface area contributed by atoms with Gasteiger partial charge < -0.3 is 24.3 Å². The summed E-state index contributed by atoms with van der Waals surface area (Å²) in [7, 11) is -3.02. The maximum Gasteiger partial charge on any atom is 0.311 e. The molecule has 1 amide bonds. The molecule has 2 fully saturated rings. The Bertz CT molecular complexity index is 1570. The van der Waals surface area contributed by atoms with Crippen molar-refractivity contribution in [2.24, 2.45) is 11.3 Å². The van der Waals surface area contributed by atoms with Crippen LogP contribution >= 0.6 is 0 Å². The number of fused-ring (bicyclic) bond motifs is 1. The van der Waals surface area contributed by atoms with Gasteiger partial charge in [-0.2, -0.15) is 4.98 Å². The lowest BCUT2D eigenvalue weighted by molar-refractivity contribution is -0.159. The van der Waals surface area contributed by atoms with Crippen LogP contribution in [-0.2, 0) is 24.2 Å². The maximum atomic E-state index is 13.3. The number of likely N-dealkylation sites (tertiary alicyclic amines) is 1. The number of rotatable bonds is 11. The van der Waals surface area contributed by atoms with Crippen molar-refractivity contribution in [3.63, 3.8) is 0 Å². The van der Waals surface area contributed by atoms with E-state index >= 15 is 0 Å². The highest BCUT2D eigenvalue weighted by Gasteiger charge is 2.40. The molecule has 0 atom stereocenters. The van der Waals surface area contributed by atoms with Gasteiger partial charge in [0.25, 0.3) is 0 Å². The largest absolute Gasteiger partial charge is 0.493 e. The van der Waals surface area contributed by atoms with Gasteiger partial charge in [0.15, 0.2) is 0 Å². The van der Waals surface area contributed by atoms with Crippen LogP contribution in [0.2, 0.25) is 0 Å². The monoisotopic (exact) mass is 625 g/mol. The molecule has 1 aliphatic heterocycles. The van der Waals surface area contributed by atoms with Crippen LogP contribution in [0, 0.1) is 11.3 Å². The molecule has 2 aliphatic rings. The van der Waals surface area contributed by atoms with Crippen LogP contribution in [0.15, 0.2) is 42.7 Å². The molecule has 0 bridgehead atoms. The van der Waals surface area contributed by atoms with Crippen molar-refractivity contribution in [1.82, 2.24) is 19.4 Å². The van der Waals surface area contributed by atoms with Crippen LogP contribution in [0.5, 0.6) is 5.75 Å². The number of aromatic nitrogens is 3. The van der Waals surface area contributed by atoms with Crippen molar-refractivity contribution in [3.05, 3.63) is 42.7 Å². The van der Waals surface area contributed by atoms with E-state index in [2.05, 4.69) is 10.3 Å². The summed E-state index contributed by atoms with van der Waals surface area (Å²) in [5, 5.41) is 4.40. The average molecular weight is 626 g/mol. The summed E-state index contributed by atoms with van der Waals surface area (Å²) in [5.74, 6) is 2.10. The third-order valence-electron chi connectivity index (χ3n) is 8.85. The van der Waals surface area contributed by atoms with E-state index in [4.69, 9.17) is 14.5 Å². The number of sulfone groups is 1. The van der Waals surface area contributed by atoms with E-state index in [-0.39, 0.29) is 29.6 Å². The summed E-state index contributed by atoms with van der Waals surface area (Å²) >= 11 is 0. The lowest BCUT2D eigenvalue weighted by atomic mass is 9.79. The number of esters is 1. The van der Waals surface area contributed by atoms with Gasteiger partial charge in [-0.3, -0.25) is 9.59 Å². The summed E-state index contributed by atoms with van der Waals surface area (Å²) in [4.78, 5) is 36.8. The lowest BCUT2D eigenvalue weighted by Crippen LogP contribution is -2.48.